The van der Waals surface area contributed by atoms with Crippen LogP contribution in [0.1, 0.15) is 49.3 Å². The fraction of sp³-hybridized carbons (Fsp3) is 0.609. The molecule has 3 N–H and O–H groups in total. The zero-order valence-electron chi connectivity index (χ0n) is 19.9. The Labute approximate surface area is 198 Å². The Hall–Kier alpha value is -2.76. The van der Waals surface area contributed by atoms with E-state index in [0.717, 1.165) is 32.6 Å². The SMILES string of the molecule is CC(C)c1noc(N2CCN(C(C)CCOc3ccc(C(=O)NC(CO)CO)c(F)c3)CC2)n1. The number of halogens is 1. The monoisotopic (exact) mass is 479 g/mol. The quantitative estimate of drug-likeness (QED) is 0.439. The second-order valence-electron chi connectivity index (χ2n) is 8.78. The van der Waals surface area contributed by atoms with Gasteiger partial charge in [-0.2, -0.15) is 4.98 Å². The minimum atomic E-state index is -0.837. The van der Waals surface area contributed by atoms with Crippen molar-refractivity contribution in [3.05, 3.63) is 35.4 Å². The molecule has 34 heavy (non-hydrogen) atoms. The zero-order valence-corrected chi connectivity index (χ0v) is 19.9. The van der Waals surface area contributed by atoms with Crippen LogP contribution < -0.4 is 15.0 Å². The molecule has 188 valence electrons. The molecule has 1 aromatic heterocycles. The minimum absolute atomic E-state index is 0.174. The second-order valence-corrected chi connectivity index (χ2v) is 8.78. The molecule has 1 fully saturated rings. The third-order valence-electron chi connectivity index (χ3n) is 5.92. The number of nitrogens with zero attached hydrogens (tertiary/aromatic N) is 4. The summed E-state index contributed by atoms with van der Waals surface area (Å²) in [5.41, 5.74) is -0.174. The number of aliphatic hydroxyl groups is 2. The summed E-state index contributed by atoms with van der Waals surface area (Å²) in [6.07, 6.45) is 0.761. The number of anilines is 1. The Morgan fingerprint density at radius 3 is 2.50 bits per heavy atom. The molecule has 1 aliphatic heterocycles. The van der Waals surface area contributed by atoms with Crippen LogP contribution in [-0.2, 0) is 0 Å². The van der Waals surface area contributed by atoms with Gasteiger partial charge in [0, 0.05) is 44.2 Å². The number of amides is 1. The molecule has 10 nitrogen and oxygen atoms in total. The van der Waals surface area contributed by atoms with Crippen molar-refractivity contribution in [2.24, 2.45) is 0 Å². The van der Waals surface area contributed by atoms with Crippen LogP contribution >= 0.6 is 0 Å². The number of piperazine rings is 1. The van der Waals surface area contributed by atoms with Crippen molar-refractivity contribution in [2.75, 3.05) is 50.9 Å². The number of nitrogens with one attached hydrogen (secondary N) is 1. The van der Waals surface area contributed by atoms with Gasteiger partial charge in [-0.25, -0.2) is 4.39 Å². The molecule has 0 radical (unpaired) electrons. The maximum absolute atomic E-state index is 14.4. The number of hydrogen-bond donors (Lipinski definition) is 3. The first kappa shape index (κ1) is 25.9. The van der Waals surface area contributed by atoms with Gasteiger partial charge in [0.25, 0.3) is 5.91 Å². The summed E-state index contributed by atoms with van der Waals surface area (Å²) in [7, 11) is 0. The van der Waals surface area contributed by atoms with E-state index < -0.39 is 31.0 Å². The highest BCUT2D eigenvalue weighted by molar-refractivity contribution is 5.94. The summed E-state index contributed by atoms with van der Waals surface area (Å²) in [5.74, 6) is -0.149. The molecule has 2 heterocycles. The molecule has 0 aliphatic carbocycles. The first-order valence-electron chi connectivity index (χ1n) is 11.6. The van der Waals surface area contributed by atoms with E-state index in [-0.39, 0.29) is 17.5 Å². The summed E-state index contributed by atoms with van der Waals surface area (Å²) >= 11 is 0. The number of rotatable bonds is 11. The van der Waals surface area contributed by atoms with Crippen LogP contribution in [0.5, 0.6) is 5.75 Å². The molecule has 2 aromatic rings. The predicted octanol–water partition coefficient (Wildman–Crippen LogP) is 1.39. The second kappa shape index (κ2) is 12.1. The molecule has 1 unspecified atom stereocenters. The number of hydrogen-bond acceptors (Lipinski definition) is 9. The van der Waals surface area contributed by atoms with Crippen molar-refractivity contribution in [1.82, 2.24) is 20.4 Å². The molecule has 1 aromatic carbocycles. The molecule has 11 heteroatoms. The van der Waals surface area contributed by atoms with E-state index in [9.17, 15) is 9.18 Å². The average molecular weight is 480 g/mol. The lowest BCUT2D eigenvalue weighted by atomic mass is 10.1. The van der Waals surface area contributed by atoms with Gasteiger partial charge in [0.2, 0.25) is 0 Å². The third kappa shape index (κ3) is 6.64. The van der Waals surface area contributed by atoms with Crippen LogP contribution in [-0.4, -0.2) is 89.2 Å². The highest BCUT2D eigenvalue weighted by Crippen LogP contribution is 2.20. The van der Waals surface area contributed by atoms with Gasteiger partial charge in [-0.1, -0.05) is 19.0 Å². The van der Waals surface area contributed by atoms with Crippen molar-refractivity contribution in [3.63, 3.8) is 0 Å². The standard InChI is InChI=1S/C23H34FN5O5/c1-15(2)21-26-23(34-27-21)29-9-7-28(8-10-29)16(3)6-11-33-18-4-5-19(20(24)12-18)22(32)25-17(13-30)14-31/h4-5,12,15-17,30-31H,6-11,13-14H2,1-3H3,(H,25,32). The van der Waals surface area contributed by atoms with E-state index in [1.807, 2.05) is 13.8 Å². The first-order valence-corrected chi connectivity index (χ1v) is 11.6. The summed E-state index contributed by atoms with van der Waals surface area (Å²) in [6, 6.07) is 4.04. The fourth-order valence-electron chi connectivity index (χ4n) is 3.66. The number of aromatic nitrogens is 2. The third-order valence-corrected chi connectivity index (χ3v) is 5.92. The zero-order chi connectivity index (χ0) is 24.7. The Morgan fingerprint density at radius 1 is 1.21 bits per heavy atom. The molecular weight excluding hydrogens is 445 g/mol. The van der Waals surface area contributed by atoms with Gasteiger partial charge in [0.05, 0.1) is 31.4 Å². The summed E-state index contributed by atoms with van der Waals surface area (Å²) < 4.78 is 25.4. The molecule has 0 saturated carbocycles. The van der Waals surface area contributed by atoms with Gasteiger partial charge in [-0.05, 0) is 25.5 Å². The van der Waals surface area contributed by atoms with Crippen molar-refractivity contribution >= 4 is 11.9 Å². The minimum Gasteiger partial charge on any atom is -0.493 e. The summed E-state index contributed by atoms with van der Waals surface area (Å²) in [5, 5.41) is 24.5. The van der Waals surface area contributed by atoms with Gasteiger partial charge >= 0.3 is 6.01 Å². The van der Waals surface area contributed by atoms with E-state index in [1.165, 1.54) is 18.2 Å². The van der Waals surface area contributed by atoms with E-state index in [4.69, 9.17) is 19.5 Å². The van der Waals surface area contributed by atoms with Crippen molar-refractivity contribution in [1.29, 1.82) is 0 Å². The van der Waals surface area contributed by atoms with Gasteiger partial charge in [-0.15, -0.1) is 0 Å². The van der Waals surface area contributed by atoms with Gasteiger partial charge in [0.1, 0.15) is 11.6 Å². The predicted molar refractivity (Wildman–Crippen MR) is 124 cm³/mol. The van der Waals surface area contributed by atoms with Crippen LogP contribution in [0.3, 0.4) is 0 Å². The van der Waals surface area contributed by atoms with Crippen LogP contribution in [0.4, 0.5) is 10.4 Å². The highest BCUT2D eigenvalue weighted by Gasteiger charge is 2.25. The highest BCUT2D eigenvalue weighted by atomic mass is 19.1. The van der Waals surface area contributed by atoms with Gasteiger partial charge in [-0.3, -0.25) is 9.69 Å². The lowest BCUT2D eigenvalue weighted by molar-refractivity contribution is 0.0875. The molecule has 1 atom stereocenters. The lowest BCUT2D eigenvalue weighted by Crippen LogP contribution is -2.50. The smallest absolute Gasteiger partial charge is 0.324 e. The topological polar surface area (TPSA) is 124 Å². The number of carbonyl (C=O) groups is 1. The summed E-state index contributed by atoms with van der Waals surface area (Å²) in [6.45, 7) is 9.05. The van der Waals surface area contributed by atoms with E-state index in [0.29, 0.717) is 24.2 Å². The van der Waals surface area contributed by atoms with Crippen LogP contribution in [0.2, 0.25) is 0 Å². The van der Waals surface area contributed by atoms with Crippen molar-refractivity contribution in [3.8, 4) is 5.75 Å². The van der Waals surface area contributed by atoms with Crippen LogP contribution in [0.25, 0.3) is 0 Å². The molecule has 1 aliphatic rings. The Bertz CT molecular complexity index is 928. The molecule has 1 amide bonds. The van der Waals surface area contributed by atoms with Crippen molar-refractivity contribution in [2.45, 2.75) is 45.2 Å². The van der Waals surface area contributed by atoms with E-state index in [1.54, 1.807) is 0 Å². The molecular formula is C23H34FN5O5. The number of benzene rings is 1. The molecule has 0 bridgehead atoms. The average Bonchev–Trinajstić information content (AvgIpc) is 3.33. The normalized spacial score (nSPS) is 15.7. The first-order chi connectivity index (χ1) is 16.3. The fourth-order valence-corrected chi connectivity index (χ4v) is 3.66. The van der Waals surface area contributed by atoms with Crippen molar-refractivity contribution < 1.29 is 28.7 Å². The Morgan fingerprint density at radius 2 is 1.91 bits per heavy atom. The van der Waals surface area contributed by atoms with Crippen LogP contribution in [0.15, 0.2) is 22.7 Å². The summed E-state index contributed by atoms with van der Waals surface area (Å²) in [4.78, 5) is 21.0. The maximum atomic E-state index is 14.4. The molecule has 0 spiro atoms. The Balaban J connectivity index is 1.43. The maximum Gasteiger partial charge on any atom is 0.324 e. The Kier molecular flexibility index (Phi) is 9.20. The van der Waals surface area contributed by atoms with Gasteiger partial charge < -0.3 is 29.7 Å². The number of aliphatic hydroxyl groups excluding tert-OH is 2. The van der Waals surface area contributed by atoms with Gasteiger partial charge in [0.15, 0.2) is 5.82 Å². The molecule has 1 saturated heterocycles. The number of ether oxygens (including phenoxy) is 1. The lowest BCUT2D eigenvalue weighted by Gasteiger charge is -2.37. The van der Waals surface area contributed by atoms with E-state index >= 15 is 0 Å². The number of carbonyl (C=O) groups excluding carboxylic acids is 1. The largest absolute Gasteiger partial charge is 0.493 e. The molecule has 3 rings (SSSR count). The van der Waals surface area contributed by atoms with E-state index in [2.05, 4.69) is 32.2 Å². The van der Waals surface area contributed by atoms with Crippen LogP contribution in [0, 0.1) is 5.82 Å².